The highest BCUT2D eigenvalue weighted by Crippen LogP contribution is 2.38. The molecule has 4 aromatic rings. The molecule has 0 saturated carbocycles. The number of nitrogens with one attached hydrogen (secondary N) is 1. The van der Waals surface area contributed by atoms with Crippen LogP contribution < -0.4 is 11.1 Å². The van der Waals surface area contributed by atoms with E-state index >= 15 is 0 Å². The lowest BCUT2D eigenvalue weighted by Gasteiger charge is -2.13. The number of aromatic hydroxyl groups is 1. The van der Waals surface area contributed by atoms with Crippen molar-refractivity contribution in [2.45, 2.75) is 32.7 Å². The summed E-state index contributed by atoms with van der Waals surface area (Å²) in [5.74, 6) is 0.129. The van der Waals surface area contributed by atoms with Gasteiger partial charge < -0.3 is 19.5 Å². The fourth-order valence-electron chi connectivity index (χ4n) is 4.58. The van der Waals surface area contributed by atoms with E-state index in [9.17, 15) is 9.90 Å². The van der Waals surface area contributed by atoms with Crippen molar-refractivity contribution in [1.82, 2.24) is 9.99 Å². The number of aryl methyl sites for hydroxylation is 3. The molecule has 152 valence electrons. The Labute approximate surface area is 173 Å². The molecule has 0 saturated heterocycles. The number of nitrogens with zero attached hydrogens (tertiary/aromatic N) is 2. The van der Waals surface area contributed by atoms with Crippen molar-refractivity contribution >= 4 is 27.6 Å². The highest BCUT2D eigenvalue weighted by molar-refractivity contribution is 6.09. The Morgan fingerprint density at radius 2 is 2.10 bits per heavy atom. The average molecular weight is 401 g/mol. The molecule has 1 atom stereocenters. The highest BCUT2D eigenvalue weighted by atomic mass is 16.4. The molecule has 2 N–H and O–H groups in total. The maximum atomic E-state index is 11.9. The minimum atomic E-state index is -0.401. The minimum absolute atomic E-state index is 0.0277. The first-order chi connectivity index (χ1) is 14.5. The van der Waals surface area contributed by atoms with E-state index in [0.717, 1.165) is 16.8 Å². The fourth-order valence-corrected chi connectivity index (χ4v) is 4.58. The first-order valence-corrected chi connectivity index (χ1v) is 10.1. The van der Waals surface area contributed by atoms with Crippen molar-refractivity contribution in [2.24, 2.45) is 12.1 Å². The zero-order chi connectivity index (χ0) is 21.0. The molecule has 0 fully saturated rings. The molecule has 0 aliphatic carbocycles. The van der Waals surface area contributed by atoms with Crippen molar-refractivity contribution in [3.8, 4) is 5.75 Å². The third-order valence-corrected chi connectivity index (χ3v) is 6.01. The SMILES string of the molecule is CCc1cc(=O)oc2cc(C)c(C3=NNC(c4cn(C)c5ccccc45)C3)c(O)c12. The molecule has 5 rings (SSSR count). The summed E-state index contributed by atoms with van der Waals surface area (Å²) in [6.45, 7) is 3.86. The third kappa shape index (κ3) is 2.71. The summed E-state index contributed by atoms with van der Waals surface area (Å²) in [5.41, 5.74) is 8.75. The lowest BCUT2D eigenvalue weighted by molar-refractivity contribution is 0.476. The Morgan fingerprint density at radius 3 is 2.90 bits per heavy atom. The van der Waals surface area contributed by atoms with E-state index in [1.807, 2.05) is 39.1 Å². The minimum Gasteiger partial charge on any atom is -0.506 e. The summed E-state index contributed by atoms with van der Waals surface area (Å²) in [5, 5.41) is 17.5. The number of benzene rings is 2. The molecule has 0 bridgehead atoms. The van der Waals surface area contributed by atoms with Crippen LogP contribution in [0.1, 0.15) is 41.6 Å². The molecule has 2 aromatic carbocycles. The van der Waals surface area contributed by atoms with Crippen LogP contribution >= 0.6 is 0 Å². The van der Waals surface area contributed by atoms with Crippen LogP contribution in [0.25, 0.3) is 21.9 Å². The average Bonchev–Trinajstić information content (AvgIpc) is 3.32. The van der Waals surface area contributed by atoms with E-state index in [4.69, 9.17) is 4.42 Å². The van der Waals surface area contributed by atoms with Gasteiger partial charge in [0.05, 0.1) is 17.1 Å². The van der Waals surface area contributed by atoms with Crippen LogP contribution in [-0.2, 0) is 13.5 Å². The van der Waals surface area contributed by atoms with Crippen LogP contribution in [0.5, 0.6) is 5.75 Å². The zero-order valence-corrected chi connectivity index (χ0v) is 17.2. The van der Waals surface area contributed by atoms with Gasteiger partial charge in [-0.05, 0) is 36.6 Å². The Balaban J connectivity index is 1.58. The molecular formula is C24H23N3O3. The van der Waals surface area contributed by atoms with Gasteiger partial charge in [0.15, 0.2) is 0 Å². The summed E-state index contributed by atoms with van der Waals surface area (Å²) >= 11 is 0. The molecule has 0 spiro atoms. The third-order valence-electron chi connectivity index (χ3n) is 6.01. The van der Waals surface area contributed by atoms with Gasteiger partial charge in [0.25, 0.3) is 0 Å². The monoisotopic (exact) mass is 401 g/mol. The molecule has 1 aliphatic heterocycles. The Kier molecular flexibility index (Phi) is 4.17. The number of rotatable bonds is 3. The molecule has 6 heteroatoms. The lowest BCUT2D eigenvalue weighted by atomic mass is 9.93. The van der Waals surface area contributed by atoms with Crippen molar-refractivity contribution in [2.75, 3.05) is 0 Å². The second-order valence-corrected chi connectivity index (χ2v) is 7.89. The Morgan fingerprint density at radius 1 is 1.30 bits per heavy atom. The van der Waals surface area contributed by atoms with Gasteiger partial charge in [-0.3, -0.25) is 0 Å². The standard InChI is InChI=1S/C24H23N3O3/c1-4-14-10-21(28)30-20-9-13(2)22(24(29)23(14)20)18-11-17(25-26-18)16-12-27(3)19-8-6-5-7-15(16)19/h5-10,12,17,25,29H,4,11H2,1-3H3. The molecular weight excluding hydrogens is 378 g/mol. The van der Waals surface area contributed by atoms with Gasteiger partial charge in [-0.1, -0.05) is 25.1 Å². The smallest absolute Gasteiger partial charge is 0.336 e. The molecule has 1 unspecified atom stereocenters. The molecule has 0 radical (unpaired) electrons. The van der Waals surface area contributed by atoms with E-state index in [1.54, 1.807) is 0 Å². The summed E-state index contributed by atoms with van der Waals surface area (Å²) in [6, 6.07) is 11.6. The van der Waals surface area contributed by atoms with Gasteiger partial charge in [-0.25, -0.2) is 4.79 Å². The first-order valence-electron chi connectivity index (χ1n) is 10.1. The van der Waals surface area contributed by atoms with Crippen LogP contribution in [0.2, 0.25) is 0 Å². The van der Waals surface area contributed by atoms with Crippen LogP contribution in [-0.4, -0.2) is 15.4 Å². The van der Waals surface area contributed by atoms with Gasteiger partial charge in [-0.2, -0.15) is 5.10 Å². The number of hydrogen-bond acceptors (Lipinski definition) is 5. The van der Waals surface area contributed by atoms with E-state index in [0.29, 0.717) is 29.4 Å². The highest BCUT2D eigenvalue weighted by Gasteiger charge is 2.28. The van der Waals surface area contributed by atoms with E-state index in [-0.39, 0.29) is 11.8 Å². The predicted octanol–water partition coefficient (Wildman–Crippen LogP) is 4.30. The molecule has 6 nitrogen and oxygen atoms in total. The quantitative estimate of drug-likeness (QED) is 0.502. The predicted molar refractivity (Wildman–Crippen MR) is 118 cm³/mol. The fraction of sp³-hybridized carbons (Fsp3) is 0.250. The van der Waals surface area contributed by atoms with E-state index < -0.39 is 5.63 Å². The summed E-state index contributed by atoms with van der Waals surface area (Å²) in [7, 11) is 2.04. The Bertz CT molecular complexity index is 1390. The van der Waals surface area contributed by atoms with Gasteiger partial charge in [0.1, 0.15) is 11.3 Å². The van der Waals surface area contributed by atoms with Gasteiger partial charge in [-0.15, -0.1) is 0 Å². The van der Waals surface area contributed by atoms with Crippen molar-refractivity contribution in [1.29, 1.82) is 0 Å². The van der Waals surface area contributed by atoms with Crippen molar-refractivity contribution < 1.29 is 9.52 Å². The normalized spacial score (nSPS) is 16.2. The van der Waals surface area contributed by atoms with E-state index in [1.165, 1.54) is 22.5 Å². The number of hydrogen-bond donors (Lipinski definition) is 2. The second-order valence-electron chi connectivity index (χ2n) is 7.89. The molecule has 2 aromatic heterocycles. The van der Waals surface area contributed by atoms with E-state index in [2.05, 4.69) is 33.4 Å². The number of phenolic OH excluding ortho intramolecular Hbond substituents is 1. The zero-order valence-electron chi connectivity index (χ0n) is 17.2. The summed E-state index contributed by atoms with van der Waals surface area (Å²) in [4.78, 5) is 11.9. The van der Waals surface area contributed by atoms with Crippen molar-refractivity contribution in [3.63, 3.8) is 0 Å². The maximum Gasteiger partial charge on any atom is 0.336 e. The molecule has 0 amide bonds. The summed E-state index contributed by atoms with van der Waals surface area (Å²) < 4.78 is 7.47. The maximum absolute atomic E-state index is 11.9. The second kappa shape index (κ2) is 6.76. The topological polar surface area (TPSA) is 79.8 Å². The van der Waals surface area contributed by atoms with Gasteiger partial charge in [0, 0.05) is 47.8 Å². The van der Waals surface area contributed by atoms with Crippen LogP contribution in [0.3, 0.4) is 0 Å². The molecule has 30 heavy (non-hydrogen) atoms. The molecule has 1 aliphatic rings. The Hall–Kier alpha value is -3.54. The molecule has 3 heterocycles. The van der Waals surface area contributed by atoms with Crippen molar-refractivity contribution in [3.05, 3.63) is 75.3 Å². The summed E-state index contributed by atoms with van der Waals surface area (Å²) in [6.07, 6.45) is 3.42. The first kappa shape index (κ1) is 18.5. The van der Waals surface area contributed by atoms with Gasteiger partial charge >= 0.3 is 5.63 Å². The van der Waals surface area contributed by atoms with Gasteiger partial charge in [0.2, 0.25) is 0 Å². The number of para-hydroxylation sites is 1. The largest absolute Gasteiger partial charge is 0.506 e. The number of phenols is 1. The lowest BCUT2D eigenvalue weighted by Crippen LogP contribution is -2.10. The van der Waals surface area contributed by atoms with Crippen LogP contribution in [0.4, 0.5) is 0 Å². The van der Waals surface area contributed by atoms with Crippen LogP contribution in [0.15, 0.2) is 56.9 Å². The van der Waals surface area contributed by atoms with Crippen LogP contribution in [0, 0.1) is 6.92 Å². The number of hydrazone groups is 1. The number of aromatic nitrogens is 1. The number of fused-ring (bicyclic) bond motifs is 2.